The number of hydrogen-bond donors (Lipinski definition) is 3. The number of rotatable bonds is 3. The van der Waals surface area contributed by atoms with Gasteiger partial charge in [-0.1, -0.05) is 13.8 Å². The van der Waals surface area contributed by atoms with E-state index in [0.717, 1.165) is 6.42 Å². The van der Waals surface area contributed by atoms with Gasteiger partial charge in [-0.25, -0.2) is 4.79 Å². The molecule has 0 saturated heterocycles. The molecular formula is C10H13N3O3. The maximum absolute atomic E-state index is 11.7. The first kappa shape index (κ1) is 10.7. The van der Waals surface area contributed by atoms with Crippen LogP contribution in [0, 0.1) is 11.3 Å². The number of nitrogens with zero attached hydrogens (tertiary/aromatic N) is 1. The summed E-state index contributed by atoms with van der Waals surface area (Å²) in [5, 5.41) is 17.3. The Labute approximate surface area is 92.0 Å². The standard InChI is InChI=1S/C10H13N3O3/c1-10(2)4-5(10)8(14)11-7-3-6(9(15)16)12-13-7/h3,5H,4H2,1-2H3,(H,15,16)(H2,11,12,13,14). The minimum atomic E-state index is -1.10. The zero-order chi connectivity index (χ0) is 11.9. The maximum atomic E-state index is 11.7. The fourth-order valence-electron chi connectivity index (χ4n) is 1.62. The van der Waals surface area contributed by atoms with Crippen LogP contribution >= 0.6 is 0 Å². The Hall–Kier alpha value is -1.85. The first-order valence-corrected chi connectivity index (χ1v) is 5.00. The summed E-state index contributed by atoms with van der Waals surface area (Å²) >= 11 is 0. The highest BCUT2D eigenvalue weighted by Gasteiger charge is 2.50. The van der Waals surface area contributed by atoms with Crippen LogP contribution in [0.5, 0.6) is 0 Å². The van der Waals surface area contributed by atoms with Crippen LogP contribution in [0.1, 0.15) is 30.8 Å². The van der Waals surface area contributed by atoms with E-state index in [4.69, 9.17) is 5.11 Å². The van der Waals surface area contributed by atoms with Crippen LogP contribution in [0.2, 0.25) is 0 Å². The molecule has 1 fully saturated rings. The first-order valence-electron chi connectivity index (χ1n) is 5.00. The quantitative estimate of drug-likeness (QED) is 0.714. The molecule has 3 N–H and O–H groups in total. The molecule has 0 bridgehead atoms. The van der Waals surface area contributed by atoms with Crippen molar-refractivity contribution < 1.29 is 14.7 Å². The molecule has 1 aromatic heterocycles. The van der Waals surface area contributed by atoms with Crippen molar-refractivity contribution in [1.29, 1.82) is 0 Å². The predicted molar refractivity (Wildman–Crippen MR) is 56.1 cm³/mol. The number of carbonyl (C=O) groups excluding carboxylic acids is 1. The second-order valence-corrected chi connectivity index (χ2v) is 4.71. The molecule has 6 nitrogen and oxygen atoms in total. The summed E-state index contributed by atoms with van der Waals surface area (Å²) in [6, 6.07) is 1.30. The molecule has 1 aromatic rings. The molecule has 1 unspecified atom stereocenters. The van der Waals surface area contributed by atoms with Crippen LogP contribution in [0.25, 0.3) is 0 Å². The number of carboxylic acid groups (broad SMARTS) is 1. The van der Waals surface area contributed by atoms with E-state index in [-0.39, 0.29) is 28.8 Å². The lowest BCUT2D eigenvalue weighted by Crippen LogP contribution is -2.16. The van der Waals surface area contributed by atoms with Crippen molar-refractivity contribution in [3.8, 4) is 0 Å². The molecule has 6 heteroatoms. The fraction of sp³-hybridized carbons (Fsp3) is 0.500. The third kappa shape index (κ3) is 1.91. The smallest absolute Gasteiger partial charge is 0.353 e. The second kappa shape index (κ2) is 3.33. The zero-order valence-corrected chi connectivity index (χ0v) is 9.07. The molecule has 86 valence electrons. The van der Waals surface area contributed by atoms with E-state index in [2.05, 4.69) is 15.5 Å². The van der Waals surface area contributed by atoms with Crippen LogP contribution < -0.4 is 5.32 Å². The van der Waals surface area contributed by atoms with Gasteiger partial charge in [-0.15, -0.1) is 0 Å². The molecule has 1 amide bonds. The molecule has 0 aliphatic heterocycles. The molecule has 2 rings (SSSR count). The maximum Gasteiger partial charge on any atom is 0.353 e. The summed E-state index contributed by atoms with van der Waals surface area (Å²) in [6.45, 7) is 4.04. The number of aromatic amines is 1. The van der Waals surface area contributed by atoms with E-state index in [1.54, 1.807) is 0 Å². The monoisotopic (exact) mass is 223 g/mol. The molecule has 0 aromatic carbocycles. The summed E-state index contributed by atoms with van der Waals surface area (Å²) in [6.07, 6.45) is 0.856. The van der Waals surface area contributed by atoms with Gasteiger partial charge in [0.25, 0.3) is 0 Å². The van der Waals surface area contributed by atoms with Gasteiger partial charge in [-0.05, 0) is 11.8 Å². The van der Waals surface area contributed by atoms with Crippen molar-refractivity contribution in [3.63, 3.8) is 0 Å². The number of carbonyl (C=O) groups is 2. The Bertz CT molecular complexity index is 450. The van der Waals surface area contributed by atoms with Gasteiger partial charge < -0.3 is 10.4 Å². The van der Waals surface area contributed by atoms with E-state index in [1.807, 2.05) is 13.8 Å². The highest BCUT2D eigenvalue weighted by molar-refractivity contribution is 5.95. The molecule has 1 aliphatic carbocycles. The lowest BCUT2D eigenvalue weighted by atomic mass is 10.1. The average Bonchev–Trinajstić information content (AvgIpc) is 2.62. The van der Waals surface area contributed by atoms with E-state index in [9.17, 15) is 9.59 Å². The molecule has 0 spiro atoms. The highest BCUT2D eigenvalue weighted by Crippen LogP contribution is 2.51. The highest BCUT2D eigenvalue weighted by atomic mass is 16.4. The van der Waals surface area contributed by atoms with Gasteiger partial charge in [0.05, 0.1) is 0 Å². The van der Waals surface area contributed by atoms with E-state index in [1.165, 1.54) is 6.07 Å². The Morgan fingerprint density at radius 3 is 2.69 bits per heavy atom. The van der Waals surface area contributed by atoms with Crippen LogP contribution in [0.15, 0.2) is 6.07 Å². The number of amides is 1. The van der Waals surface area contributed by atoms with E-state index in [0.29, 0.717) is 0 Å². The van der Waals surface area contributed by atoms with Gasteiger partial charge in [0.15, 0.2) is 5.82 Å². The van der Waals surface area contributed by atoms with Crippen LogP contribution in [-0.2, 0) is 4.79 Å². The lowest BCUT2D eigenvalue weighted by Gasteiger charge is -2.02. The Morgan fingerprint density at radius 1 is 1.62 bits per heavy atom. The minimum absolute atomic E-state index is 0.00234. The number of nitrogens with one attached hydrogen (secondary N) is 2. The lowest BCUT2D eigenvalue weighted by molar-refractivity contribution is -0.118. The number of aromatic carboxylic acids is 1. The third-order valence-electron chi connectivity index (χ3n) is 2.89. The summed E-state index contributed by atoms with van der Waals surface area (Å²) in [5.74, 6) is -0.948. The largest absolute Gasteiger partial charge is 0.477 e. The molecule has 1 aliphatic rings. The Kier molecular flexibility index (Phi) is 2.22. The minimum Gasteiger partial charge on any atom is -0.477 e. The molecule has 0 radical (unpaired) electrons. The Morgan fingerprint density at radius 2 is 2.25 bits per heavy atom. The number of H-pyrrole nitrogens is 1. The van der Waals surface area contributed by atoms with Crippen LogP contribution in [0.3, 0.4) is 0 Å². The molecule has 16 heavy (non-hydrogen) atoms. The summed E-state index contributed by atoms with van der Waals surface area (Å²) < 4.78 is 0. The average molecular weight is 223 g/mol. The predicted octanol–water partition coefficient (Wildman–Crippen LogP) is 1.09. The van der Waals surface area contributed by atoms with Gasteiger partial charge in [0, 0.05) is 12.0 Å². The zero-order valence-electron chi connectivity index (χ0n) is 9.07. The van der Waals surface area contributed by atoms with Gasteiger partial charge in [0.1, 0.15) is 5.69 Å². The molecular weight excluding hydrogens is 210 g/mol. The van der Waals surface area contributed by atoms with Crippen molar-refractivity contribution in [3.05, 3.63) is 11.8 Å². The van der Waals surface area contributed by atoms with Gasteiger partial charge in [-0.3, -0.25) is 9.89 Å². The Balaban J connectivity index is 1.99. The van der Waals surface area contributed by atoms with Crippen molar-refractivity contribution in [1.82, 2.24) is 10.2 Å². The first-order chi connectivity index (χ1) is 7.40. The number of aromatic nitrogens is 2. The number of carboxylic acids is 1. The molecule has 1 heterocycles. The number of hydrogen-bond acceptors (Lipinski definition) is 3. The van der Waals surface area contributed by atoms with Crippen LogP contribution in [-0.4, -0.2) is 27.2 Å². The summed E-state index contributed by atoms with van der Waals surface area (Å²) in [4.78, 5) is 22.2. The van der Waals surface area contributed by atoms with Crippen molar-refractivity contribution >= 4 is 17.7 Å². The van der Waals surface area contributed by atoms with Crippen molar-refractivity contribution in [2.75, 3.05) is 5.32 Å². The SMILES string of the molecule is CC1(C)CC1C(=O)Nc1cc(C(=O)O)[nH]n1. The van der Waals surface area contributed by atoms with Gasteiger partial charge >= 0.3 is 5.97 Å². The second-order valence-electron chi connectivity index (χ2n) is 4.71. The summed E-state index contributed by atoms with van der Waals surface area (Å²) in [5.41, 5.74) is 0.0149. The topological polar surface area (TPSA) is 95.1 Å². The summed E-state index contributed by atoms with van der Waals surface area (Å²) in [7, 11) is 0. The fourth-order valence-corrected chi connectivity index (χ4v) is 1.62. The van der Waals surface area contributed by atoms with Crippen molar-refractivity contribution in [2.24, 2.45) is 11.3 Å². The van der Waals surface area contributed by atoms with Crippen LogP contribution in [0.4, 0.5) is 5.82 Å². The van der Waals surface area contributed by atoms with E-state index >= 15 is 0 Å². The molecule has 1 atom stereocenters. The van der Waals surface area contributed by atoms with Gasteiger partial charge in [-0.2, -0.15) is 5.10 Å². The van der Waals surface area contributed by atoms with E-state index < -0.39 is 5.97 Å². The third-order valence-corrected chi connectivity index (χ3v) is 2.89. The number of anilines is 1. The molecule has 1 saturated carbocycles. The van der Waals surface area contributed by atoms with Crippen molar-refractivity contribution in [2.45, 2.75) is 20.3 Å². The van der Waals surface area contributed by atoms with Gasteiger partial charge in [0.2, 0.25) is 5.91 Å². The normalized spacial score (nSPS) is 21.5.